The van der Waals surface area contributed by atoms with E-state index in [1.807, 2.05) is 73.8 Å². The third-order valence-electron chi connectivity index (χ3n) is 7.72. The predicted molar refractivity (Wildman–Crippen MR) is 177 cm³/mol. The fourth-order valence-corrected chi connectivity index (χ4v) is 6.94. The van der Waals surface area contributed by atoms with Crippen molar-refractivity contribution in [2.45, 2.75) is 33.4 Å². The van der Waals surface area contributed by atoms with Crippen molar-refractivity contribution in [1.29, 1.82) is 0 Å². The zero-order valence-corrected chi connectivity index (χ0v) is 26.9. The molecule has 45 heavy (non-hydrogen) atoms. The number of thiazole rings is 1. The number of halogens is 1. The molecule has 6 rings (SSSR count). The topological polar surface area (TPSA) is 84.1 Å². The number of allylic oxidation sites excluding steroid dienone is 1. The monoisotopic (exact) mass is 641 g/mol. The molecule has 0 aliphatic carbocycles. The molecule has 0 N–H and O–H groups in total. The van der Waals surface area contributed by atoms with Crippen LogP contribution < -0.4 is 24.4 Å². The summed E-state index contributed by atoms with van der Waals surface area (Å²) < 4.78 is 21.0. The number of hydrogen-bond acceptors (Lipinski definition) is 7. The number of benzene rings is 3. The molecule has 2 aromatic heterocycles. The molecule has 1 atom stereocenters. The summed E-state index contributed by atoms with van der Waals surface area (Å²) in [6.07, 6.45) is 3.94. The van der Waals surface area contributed by atoms with E-state index in [4.69, 9.17) is 30.8 Å². The molecule has 10 heteroatoms. The van der Waals surface area contributed by atoms with Crippen molar-refractivity contribution in [2.24, 2.45) is 4.99 Å². The van der Waals surface area contributed by atoms with Crippen LogP contribution in [-0.2, 0) is 16.1 Å². The van der Waals surface area contributed by atoms with Crippen LogP contribution in [0.5, 0.6) is 11.5 Å². The van der Waals surface area contributed by atoms with Crippen molar-refractivity contribution >= 4 is 45.9 Å². The van der Waals surface area contributed by atoms with Crippen LogP contribution in [0.1, 0.15) is 43.5 Å². The fraction of sp³-hybridized carbons (Fsp3) is 0.229. The first-order chi connectivity index (χ1) is 21.8. The number of methoxy groups -OCH3 is 1. The van der Waals surface area contributed by atoms with Crippen LogP contribution in [0.4, 0.5) is 0 Å². The maximum atomic E-state index is 14.3. The van der Waals surface area contributed by atoms with Gasteiger partial charge in [0.05, 0.1) is 42.2 Å². The standard InChI is InChI=1S/C35H32ClN3O5S/c1-5-43-29-17-22(15-16-28(29)42-4)32-31(34(41)44-6-2)21(3)37-35-39(32)33(40)30(45-35)18-24-20-38(27-14-10-8-12-25(24)27)19-23-11-7-9-13-26(23)36/h7-18,20,32H,5-6,19H2,1-4H3/b30-18-/t32-/m1/s1. The van der Waals surface area contributed by atoms with E-state index < -0.39 is 12.0 Å². The fourth-order valence-electron chi connectivity index (χ4n) is 5.71. The first-order valence-corrected chi connectivity index (χ1v) is 15.9. The third kappa shape index (κ3) is 5.69. The van der Waals surface area contributed by atoms with E-state index in [-0.39, 0.29) is 12.2 Å². The van der Waals surface area contributed by atoms with Gasteiger partial charge in [-0.1, -0.05) is 65.4 Å². The van der Waals surface area contributed by atoms with Gasteiger partial charge in [0.1, 0.15) is 0 Å². The van der Waals surface area contributed by atoms with Crippen LogP contribution in [0.15, 0.2) is 94.0 Å². The maximum absolute atomic E-state index is 14.3. The number of carbonyl (C=O) groups excluding carboxylic acids is 1. The molecule has 0 bridgehead atoms. The van der Waals surface area contributed by atoms with Crippen molar-refractivity contribution < 1.29 is 19.0 Å². The molecule has 1 aliphatic rings. The van der Waals surface area contributed by atoms with Crippen LogP contribution in [0.3, 0.4) is 0 Å². The molecular weight excluding hydrogens is 610 g/mol. The zero-order valence-electron chi connectivity index (χ0n) is 25.4. The normalized spacial score (nSPS) is 14.8. The number of fused-ring (bicyclic) bond motifs is 2. The number of nitrogens with zero attached hydrogens (tertiary/aromatic N) is 3. The van der Waals surface area contributed by atoms with E-state index in [2.05, 4.69) is 10.6 Å². The number of esters is 1. The summed E-state index contributed by atoms with van der Waals surface area (Å²) in [4.78, 5) is 32.8. The summed E-state index contributed by atoms with van der Waals surface area (Å²) in [6, 6.07) is 20.5. The SMILES string of the molecule is CCOC(=O)C1=C(C)N=c2s/c(=C\c3cn(Cc4ccccc4Cl)c4ccccc34)c(=O)n2[C@@H]1c1ccc(OC)c(OCC)c1. The van der Waals surface area contributed by atoms with E-state index in [9.17, 15) is 9.59 Å². The van der Waals surface area contributed by atoms with Gasteiger partial charge in [-0.25, -0.2) is 9.79 Å². The second-order valence-corrected chi connectivity index (χ2v) is 11.9. The third-order valence-corrected chi connectivity index (χ3v) is 9.08. The van der Waals surface area contributed by atoms with Crippen LogP contribution in [0.25, 0.3) is 17.0 Å². The largest absolute Gasteiger partial charge is 0.493 e. The zero-order chi connectivity index (χ0) is 31.7. The van der Waals surface area contributed by atoms with Crippen molar-refractivity contribution in [3.8, 4) is 11.5 Å². The maximum Gasteiger partial charge on any atom is 0.338 e. The van der Waals surface area contributed by atoms with Crippen molar-refractivity contribution in [3.05, 3.63) is 126 Å². The number of aromatic nitrogens is 2. The van der Waals surface area contributed by atoms with Gasteiger partial charge in [0.15, 0.2) is 16.3 Å². The molecule has 8 nitrogen and oxygen atoms in total. The average molecular weight is 642 g/mol. The van der Waals surface area contributed by atoms with E-state index in [1.54, 1.807) is 31.6 Å². The van der Waals surface area contributed by atoms with Crippen LogP contribution in [0, 0.1) is 0 Å². The first kappa shape index (κ1) is 30.4. The molecule has 0 unspecified atom stereocenters. The Labute approximate surface area is 269 Å². The molecule has 3 aromatic carbocycles. The summed E-state index contributed by atoms with van der Waals surface area (Å²) in [5.41, 5.74) is 4.14. The van der Waals surface area contributed by atoms with Gasteiger partial charge in [0.2, 0.25) is 0 Å². The lowest BCUT2D eigenvalue weighted by Crippen LogP contribution is -2.40. The predicted octanol–water partition coefficient (Wildman–Crippen LogP) is 5.86. The number of hydrogen-bond donors (Lipinski definition) is 0. The number of rotatable bonds is 9. The summed E-state index contributed by atoms with van der Waals surface area (Å²) in [6.45, 7) is 6.60. The summed E-state index contributed by atoms with van der Waals surface area (Å²) in [5.74, 6) is 0.554. The minimum Gasteiger partial charge on any atom is -0.493 e. The molecule has 0 amide bonds. The van der Waals surface area contributed by atoms with E-state index in [0.29, 0.717) is 55.8 Å². The molecule has 0 spiro atoms. The minimum atomic E-state index is -0.769. The Morgan fingerprint density at radius 2 is 1.82 bits per heavy atom. The molecule has 0 fully saturated rings. The molecule has 3 heterocycles. The lowest BCUT2D eigenvalue weighted by Gasteiger charge is -2.25. The molecule has 0 radical (unpaired) electrons. The highest BCUT2D eigenvalue weighted by molar-refractivity contribution is 7.07. The molecule has 0 saturated carbocycles. The first-order valence-electron chi connectivity index (χ1n) is 14.7. The molecule has 1 aliphatic heterocycles. The average Bonchev–Trinajstić information content (AvgIpc) is 3.53. The van der Waals surface area contributed by atoms with Gasteiger partial charge in [0, 0.05) is 34.2 Å². The minimum absolute atomic E-state index is 0.192. The second kappa shape index (κ2) is 12.8. The van der Waals surface area contributed by atoms with Crippen molar-refractivity contribution in [2.75, 3.05) is 20.3 Å². The van der Waals surface area contributed by atoms with E-state index in [0.717, 1.165) is 22.0 Å². The van der Waals surface area contributed by atoms with Crippen LogP contribution in [-0.4, -0.2) is 35.4 Å². The number of para-hydroxylation sites is 1. The molecule has 230 valence electrons. The second-order valence-electron chi connectivity index (χ2n) is 10.5. The van der Waals surface area contributed by atoms with Gasteiger partial charge >= 0.3 is 5.97 Å². The Bertz CT molecular complexity index is 2140. The van der Waals surface area contributed by atoms with Gasteiger partial charge in [-0.3, -0.25) is 9.36 Å². The molecule has 0 saturated heterocycles. The van der Waals surface area contributed by atoms with Crippen molar-refractivity contribution in [3.63, 3.8) is 0 Å². The van der Waals surface area contributed by atoms with Gasteiger partial charge < -0.3 is 18.8 Å². The highest BCUT2D eigenvalue weighted by atomic mass is 35.5. The number of carbonyl (C=O) groups is 1. The smallest absolute Gasteiger partial charge is 0.338 e. The van der Waals surface area contributed by atoms with Gasteiger partial charge in [-0.15, -0.1) is 0 Å². The Morgan fingerprint density at radius 1 is 1.04 bits per heavy atom. The summed E-state index contributed by atoms with van der Waals surface area (Å²) in [7, 11) is 1.57. The number of ether oxygens (including phenoxy) is 3. The Balaban J connectivity index is 1.53. The van der Waals surface area contributed by atoms with E-state index >= 15 is 0 Å². The quantitative estimate of drug-likeness (QED) is 0.188. The van der Waals surface area contributed by atoms with Crippen LogP contribution >= 0.6 is 22.9 Å². The van der Waals surface area contributed by atoms with E-state index in [1.165, 1.54) is 11.3 Å². The Morgan fingerprint density at radius 3 is 2.58 bits per heavy atom. The van der Waals surface area contributed by atoms with Gasteiger partial charge in [-0.05, 0) is 62.2 Å². The lowest BCUT2D eigenvalue weighted by molar-refractivity contribution is -0.139. The Kier molecular flexibility index (Phi) is 8.65. The molecule has 5 aromatic rings. The molecular formula is C35H32ClN3O5S. The highest BCUT2D eigenvalue weighted by Crippen LogP contribution is 2.36. The Hall–Kier alpha value is -4.60. The van der Waals surface area contributed by atoms with Gasteiger partial charge in [0.25, 0.3) is 5.56 Å². The highest BCUT2D eigenvalue weighted by Gasteiger charge is 2.34. The lowest BCUT2D eigenvalue weighted by atomic mass is 9.95. The van der Waals surface area contributed by atoms with Crippen molar-refractivity contribution in [1.82, 2.24) is 9.13 Å². The summed E-state index contributed by atoms with van der Waals surface area (Å²) >= 11 is 7.78. The summed E-state index contributed by atoms with van der Waals surface area (Å²) in [5, 5.41) is 1.70. The van der Waals surface area contributed by atoms with Crippen LogP contribution in [0.2, 0.25) is 5.02 Å². The van der Waals surface area contributed by atoms with Gasteiger partial charge in [-0.2, -0.15) is 0 Å².